The molecule has 3 aromatic rings. The van der Waals surface area contributed by atoms with E-state index >= 15 is 0 Å². The van der Waals surface area contributed by atoms with E-state index in [4.69, 9.17) is 4.74 Å². The predicted molar refractivity (Wildman–Crippen MR) is 121 cm³/mol. The number of carbonyl (C=O) groups is 2. The summed E-state index contributed by atoms with van der Waals surface area (Å²) in [6.45, 7) is 7.76. The topological polar surface area (TPSA) is 67.4 Å². The Kier molecular flexibility index (Phi) is 8.63. The highest BCUT2D eigenvalue weighted by molar-refractivity contribution is 6.09. The number of para-hydroxylation sites is 1. The summed E-state index contributed by atoms with van der Waals surface area (Å²) < 4.78 is 5.83. The minimum Gasteiger partial charge on any atom is -0.457 e. The molecule has 0 aliphatic rings. The molecule has 0 spiro atoms. The first kappa shape index (κ1) is 22.7. The predicted octanol–water partition coefficient (Wildman–Crippen LogP) is 5.90. The van der Waals surface area contributed by atoms with E-state index < -0.39 is 0 Å². The van der Waals surface area contributed by atoms with Gasteiger partial charge in [-0.2, -0.15) is 0 Å². The lowest BCUT2D eigenvalue weighted by atomic mass is 10.1. The third kappa shape index (κ3) is 6.48. The fourth-order valence-electron chi connectivity index (χ4n) is 2.63. The Hall–Kier alpha value is -3.60. The van der Waals surface area contributed by atoms with E-state index in [2.05, 4.69) is 10.6 Å². The summed E-state index contributed by atoms with van der Waals surface area (Å²) >= 11 is 0. The van der Waals surface area contributed by atoms with Crippen molar-refractivity contribution >= 4 is 17.5 Å². The molecule has 0 heterocycles. The standard InChI is InChI=1S/C23H22N2O3.C2H6/c1-16(2)24-23(27)20-15-19(28-18-11-7-4-8-12-18)13-14-21(20)25-22(26)17-9-5-3-6-10-17;1-2/h3-16H,1-2H3,(H,24,27)(H,25,26);1-2H3. The Labute approximate surface area is 178 Å². The third-order valence-electron chi connectivity index (χ3n) is 3.92. The van der Waals surface area contributed by atoms with E-state index in [0.29, 0.717) is 28.3 Å². The van der Waals surface area contributed by atoms with E-state index in [1.165, 1.54) is 0 Å². The molecule has 30 heavy (non-hydrogen) atoms. The molecule has 0 atom stereocenters. The van der Waals surface area contributed by atoms with Gasteiger partial charge in [-0.15, -0.1) is 0 Å². The smallest absolute Gasteiger partial charge is 0.255 e. The van der Waals surface area contributed by atoms with Gasteiger partial charge in [0, 0.05) is 11.6 Å². The highest BCUT2D eigenvalue weighted by Gasteiger charge is 2.16. The number of anilines is 1. The Balaban J connectivity index is 0.00000155. The van der Waals surface area contributed by atoms with Crippen molar-refractivity contribution < 1.29 is 14.3 Å². The highest BCUT2D eigenvalue weighted by atomic mass is 16.5. The van der Waals surface area contributed by atoms with Crippen molar-refractivity contribution in [3.05, 3.63) is 90.0 Å². The quantitative estimate of drug-likeness (QED) is 0.538. The van der Waals surface area contributed by atoms with Crippen molar-refractivity contribution in [1.82, 2.24) is 5.32 Å². The van der Waals surface area contributed by atoms with E-state index in [1.807, 2.05) is 64.1 Å². The number of nitrogens with one attached hydrogen (secondary N) is 2. The zero-order chi connectivity index (χ0) is 21.9. The number of ether oxygens (including phenoxy) is 1. The monoisotopic (exact) mass is 404 g/mol. The zero-order valence-corrected chi connectivity index (χ0v) is 17.8. The molecule has 0 aliphatic carbocycles. The molecule has 3 rings (SSSR count). The molecule has 0 aromatic heterocycles. The molecule has 0 bridgehead atoms. The van der Waals surface area contributed by atoms with Crippen LogP contribution in [-0.2, 0) is 0 Å². The van der Waals surface area contributed by atoms with Crippen molar-refractivity contribution in [3.8, 4) is 11.5 Å². The van der Waals surface area contributed by atoms with Gasteiger partial charge >= 0.3 is 0 Å². The van der Waals surface area contributed by atoms with Crippen molar-refractivity contribution in [2.75, 3.05) is 5.32 Å². The fourth-order valence-corrected chi connectivity index (χ4v) is 2.63. The Morgan fingerprint density at radius 1 is 0.767 bits per heavy atom. The molecular formula is C25H28N2O3. The van der Waals surface area contributed by atoms with Gasteiger partial charge in [-0.3, -0.25) is 9.59 Å². The van der Waals surface area contributed by atoms with Gasteiger partial charge < -0.3 is 15.4 Å². The first-order valence-electron chi connectivity index (χ1n) is 10.1. The lowest BCUT2D eigenvalue weighted by Gasteiger charge is -2.15. The molecule has 0 saturated heterocycles. The van der Waals surface area contributed by atoms with Crippen LogP contribution in [0.15, 0.2) is 78.9 Å². The number of hydrogen-bond acceptors (Lipinski definition) is 3. The molecule has 3 aromatic carbocycles. The minimum atomic E-state index is -0.282. The van der Waals surface area contributed by atoms with Gasteiger partial charge in [0.15, 0.2) is 0 Å². The summed E-state index contributed by atoms with van der Waals surface area (Å²) in [6.07, 6.45) is 0. The lowest BCUT2D eigenvalue weighted by molar-refractivity contribution is 0.0943. The van der Waals surface area contributed by atoms with Crippen LogP contribution in [0.3, 0.4) is 0 Å². The molecule has 156 valence electrons. The van der Waals surface area contributed by atoms with Gasteiger partial charge in [0.25, 0.3) is 11.8 Å². The average molecular weight is 405 g/mol. The van der Waals surface area contributed by atoms with Gasteiger partial charge in [-0.05, 0) is 56.3 Å². The number of benzene rings is 3. The maximum atomic E-state index is 12.7. The van der Waals surface area contributed by atoms with E-state index in [-0.39, 0.29) is 17.9 Å². The van der Waals surface area contributed by atoms with Gasteiger partial charge in [0.05, 0.1) is 11.3 Å². The van der Waals surface area contributed by atoms with Crippen LogP contribution in [0.2, 0.25) is 0 Å². The number of amides is 2. The summed E-state index contributed by atoms with van der Waals surface area (Å²) in [4.78, 5) is 25.2. The second-order valence-corrected chi connectivity index (χ2v) is 6.57. The molecule has 0 radical (unpaired) electrons. The van der Waals surface area contributed by atoms with Crippen molar-refractivity contribution in [3.63, 3.8) is 0 Å². The van der Waals surface area contributed by atoms with E-state index in [9.17, 15) is 9.59 Å². The number of rotatable bonds is 6. The summed E-state index contributed by atoms with van der Waals surface area (Å²) in [5, 5.41) is 5.67. The summed E-state index contributed by atoms with van der Waals surface area (Å²) in [5.41, 5.74) is 1.28. The van der Waals surface area contributed by atoms with Crippen molar-refractivity contribution in [1.29, 1.82) is 0 Å². The van der Waals surface area contributed by atoms with Crippen molar-refractivity contribution in [2.45, 2.75) is 33.7 Å². The molecule has 0 unspecified atom stereocenters. The molecule has 2 N–H and O–H groups in total. The van der Waals surface area contributed by atoms with E-state index in [1.54, 1.807) is 42.5 Å². The Bertz CT molecular complexity index is 955. The third-order valence-corrected chi connectivity index (χ3v) is 3.92. The Morgan fingerprint density at radius 3 is 1.97 bits per heavy atom. The highest BCUT2D eigenvalue weighted by Crippen LogP contribution is 2.27. The first-order valence-corrected chi connectivity index (χ1v) is 10.1. The van der Waals surface area contributed by atoms with Crippen LogP contribution < -0.4 is 15.4 Å². The van der Waals surface area contributed by atoms with Crippen LogP contribution in [0.1, 0.15) is 48.4 Å². The van der Waals surface area contributed by atoms with Crippen molar-refractivity contribution in [2.24, 2.45) is 0 Å². The van der Waals surface area contributed by atoms with Gasteiger partial charge in [0.2, 0.25) is 0 Å². The Morgan fingerprint density at radius 2 is 1.37 bits per heavy atom. The van der Waals surface area contributed by atoms with Crippen LogP contribution in [-0.4, -0.2) is 17.9 Å². The summed E-state index contributed by atoms with van der Waals surface area (Å²) in [6, 6.07) is 23.2. The molecule has 0 aliphatic heterocycles. The normalized spacial score (nSPS) is 9.90. The maximum Gasteiger partial charge on any atom is 0.255 e. The average Bonchev–Trinajstić information content (AvgIpc) is 2.77. The van der Waals surface area contributed by atoms with E-state index in [0.717, 1.165) is 0 Å². The second-order valence-electron chi connectivity index (χ2n) is 6.57. The van der Waals surface area contributed by atoms with Crippen LogP contribution in [0.5, 0.6) is 11.5 Å². The molecule has 5 heteroatoms. The maximum absolute atomic E-state index is 12.7. The number of carbonyl (C=O) groups excluding carboxylic acids is 2. The van der Waals surface area contributed by atoms with Crippen LogP contribution >= 0.6 is 0 Å². The van der Waals surface area contributed by atoms with Gasteiger partial charge in [-0.25, -0.2) is 0 Å². The number of hydrogen-bond donors (Lipinski definition) is 2. The van der Waals surface area contributed by atoms with Gasteiger partial charge in [-0.1, -0.05) is 50.2 Å². The van der Waals surface area contributed by atoms with Crippen LogP contribution in [0, 0.1) is 0 Å². The molecule has 0 fully saturated rings. The largest absolute Gasteiger partial charge is 0.457 e. The van der Waals surface area contributed by atoms with Crippen LogP contribution in [0.4, 0.5) is 5.69 Å². The van der Waals surface area contributed by atoms with Crippen LogP contribution in [0.25, 0.3) is 0 Å². The first-order chi connectivity index (χ1) is 14.5. The molecule has 0 saturated carbocycles. The SMILES string of the molecule is CC.CC(C)NC(=O)c1cc(Oc2ccccc2)ccc1NC(=O)c1ccccc1. The fraction of sp³-hybridized carbons (Fsp3) is 0.200. The summed E-state index contributed by atoms with van der Waals surface area (Å²) in [5.74, 6) is 0.615. The molecule has 2 amide bonds. The lowest BCUT2D eigenvalue weighted by Crippen LogP contribution is -2.31. The zero-order valence-electron chi connectivity index (χ0n) is 17.8. The molecule has 5 nitrogen and oxygen atoms in total. The summed E-state index contributed by atoms with van der Waals surface area (Å²) in [7, 11) is 0. The van der Waals surface area contributed by atoms with Gasteiger partial charge in [0.1, 0.15) is 11.5 Å². The minimum absolute atomic E-state index is 0.0381. The molecular weight excluding hydrogens is 376 g/mol. The second kappa shape index (κ2) is 11.4.